The van der Waals surface area contributed by atoms with E-state index in [1.165, 1.54) is 11.1 Å². The predicted octanol–water partition coefficient (Wildman–Crippen LogP) is 4.61. The van der Waals surface area contributed by atoms with Crippen molar-refractivity contribution in [3.8, 4) is 0 Å². The van der Waals surface area contributed by atoms with Gasteiger partial charge in [-0.2, -0.15) is 0 Å². The molecule has 1 aliphatic rings. The predicted molar refractivity (Wildman–Crippen MR) is 85.8 cm³/mol. The summed E-state index contributed by atoms with van der Waals surface area (Å²) in [5, 5.41) is 4.48. The fourth-order valence-electron chi connectivity index (χ4n) is 1.90. The zero-order valence-corrected chi connectivity index (χ0v) is 13.7. The monoisotopic (exact) mass is 326 g/mol. The van der Waals surface area contributed by atoms with Gasteiger partial charge in [-0.3, -0.25) is 4.99 Å². The van der Waals surface area contributed by atoms with Gasteiger partial charge in [-0.15, -0.1) is 0 Å². The first kappa shape index (κ1) is 13.9. The minimum atomic E-state index is 0.315. The lowest BCUT2D eigenvalue weighted by Crippen LogP contribution is -2.27. The van der Waals surface area contributed by atoms with E-state index in [2.05, 4.69) is 66.1 Å². The van der Waals surface area contributed by atoms with E-state index in [-0.39, 0.29) is 0 Å². The second-order valence-electron chi connectivity index (χ2n) is 5.64. The first-order chi connectivity index (χ1) is 8.37. The Morgan fingerprint density at radius 1 is 1.33 bits per heavy atom. The number of benzene rings is 1. The van der Waals surface area contributed by atoms with Crippen molar-refractivity contribution in [2.24, 2.45) is 10.4 Å². The van der Waals surface area contributed by atoms with Crippen LogP contribution in [0, 0.1) is 19.3 Å². The van der Waals surface area contributed by atoms with Crippen LogP contribution in [0.4, 0.5) is 5.69 Å². The van der Waals surface area contributed by atoms with Crippen LogP contribution in [0.5, 0.6) is 0 Å². The topological polar surface area (TPSA) is 24.4 Å². The molecule has 98 valence electrons. The highest BCUT2D eigenvalue weighted by molar-refractivity contribution is 9.10. The molecule has 0 saturated heterocycles. The third-order valence-electron chi connectivity index (χ3n) is 2.91. The molecule has 1 aliphatic heterocycles. The molecule has 0 bridgehead atoms. The summed E-state index contributed by atoms with van der Waals surface area (Å²) < 4.78 is 1.10. The molecular formula is C14H19BrN2S. The van der Waals surface area contributed by atoms with Gasteiger partial charge in [0.05, 0.1) is 5.69 Å². The Kier molecular flexibility index (Phi) is 4.07. The summed E-state index contributed by atoms with van der Waals surface area (Å²) in [7, 11) is 0. The molecule has 1 N–H and O–H groups in total. The Hall–Kier alpha value is -0.480. The highest BCUT2D eigenvalue weighted by atomic mass is 79.9. The Labute approximate surface area is 122 Å². The van der Waals surface area contributed by atoms with Crippen LogP contribution >= 0.6 is 27.7 Å². The molecule has 0 unspecified atom stereocenters. The maximum absolute atomic E-state index is 4.63. The van der Waals surface area contributed by atoms with Gasteiger partial charge in [-0.1, -0.05) is 31.7 Å². The van der Waals surface area contributed by atoms with Crippen molar-refractivity contribution in [3.63, 3.8) is 0 Å². The van der Waals surface area contributed by atoms with Crippen molar-refractivity contribution >= 4 is 38.5 Å². The van der Waals surface area contributed by atoms with Gasteiger partial charge in [0.1, 0.15) is 0 Å². The number of aliphatic imine (C=N–C) groups is 1. The molecule has 4 heteroatoms. The highest BCUT2D eigenvalue weighted by Crippen LogP contribution is 2.32. The molecule has 0 radical (unpaired) electrons. The number of aryl methyl sites for hydroxylation is 2. The van der Waals surface area contributed by atoms with E-state index in [4.69, 9.17) is 0 Å². The van der Waals surface area contributed by atoms with Crippen LogP contribution in [0.3, 0.4) is 0 Å². The number of hydrogen-bond donors (Lipinski definition) is 1. The number of nitrogens with one attached hydrogen (secondary N) is 1. The molecule has 2 rings (SSSR count). The number of thioether (sulfide) groups is 1. The van der Waals surface area contributed by atoms with Crippen LogP contribution < -0.4 is 5.32 Å². The van der Waals surface area contributed by atoms with Gasteiger partial charge in [-0.05, 0) is 52.4 Å². The summed E-state index contributed by atoms with van der Waals surface area (Å²) in [4.78, 5) is 4.63. The summed E-state index contributed by atoms with van der Waals surface area (Å²) in [6, 6.07) is 4.32. The molecule has 0 saturated carbocycles. The first-order valence-electron chi connectivity index (χ1n) is 6.08. The van der Waals surface area contributed by atoms with E-state index >= 15 is 0 Å². The Morgan fingerprint density at radius 3 is 2.61 bits per heavy atom. The molecule has 18 heavy (non-hydrogen) atoms. The third-order valence-corrected chi connectivity index (χ3v) is 4.97. The summed E-state index contributed by atoms with van der Waals surface area (Å²) in [5.74, 6) is 1.11. The third kappa shape index (κ3) is 3.29. The Morgan fingerprint density at radius 2 is 2.06 bits per heavy atom. The molecule has 0 aliphatic carbocycles. The number of halogens is 1. The second kappa shape index (κ2) is 5.25. The number of nitrogens with zero attached hydrogens (tertiary/aromatic N) is 1. The second-order valence-corrected chi connectivity index (χ2v) is 7.46. The van der Waals surface area contributed by atoms with E-state index in [0.717, 1.165) is 27.6 Å². The molecule has 1 aromatic rings. The van der Waals surface area contributed by atoms with E-state index in [1.54, 1.807) is 11.8 Å². The van der Waals surface area contributed by atoms with E-state index in [0.29, 0.717) is 5.41 Å². The van der Waals surface area contributed by atoms with Gasteiger partial charge in [0.15, 0.2) is 5.17 Å². The number of rotatable bonds is 1. The molecule has 1 aromatic carbocycles. The quantitative estimate of drug-likeness (QED) is 0.815. The molecular weight excluding hydrogens is 308 g/mol. The lowest BCUT2D eigenvalue weighted by atomic mass is 9.97. The number of anilines is 1. The molecule has 0 spiro atoms. The molecule has 2 nitrogen and oxygen atoms in total. The van der Waals surface area contributed by atoms with Crippen molar-refractivity contribution in [1.82, 2.24) is 0 Å². The maximum Gasteiger partial charge on any atom is 0.161 e. The van der Waals surface area contributed by atoms with Crippen LogP contribution in [0.1, 0.15) is 25.0 Å². The smallest absolute Gasteiger partial charge is 0.161 e. The van der Waals surface area contributed by atoms with Crippen molar-refractivity contribution in [2.75, 3.05) is 17.6 Å². The van der Waals surface area contributed by atoms with Crippen molar-refractivity contribution in [1.29, 1.82) is 0 Å². The Balaban J connectivity index is 2.18. The molecule has 0 aromatic heterocycles. The average molecular weight is 327 g/mol. The van der Waals surface area contributed by atoms with Gasteiger partial charge >= 0.3 is 0 Å². The maximum atomic E-state index is 4.63. The van der Waals surface area contributed by atoms with Crippen molar-refractivity contribution in [2.45, 2.75) is 27.7 Å². The van der Waals surface area contributed by atoms with Gasteiger partial charge in [-0.25, -0.2) is 0 Å². The fourth-order valence-corrected chi connectivity index (χ4v) is 3.62. The van der Waals surface area contributed by atoms with Crippen LogP contribution in [0.15, 0.2) is 21.6 Å². The van der Waals surface area contributed by atoms with Crippen molar-refractivity contribution in [3.05, 3.63) is 27.7 Å². The standard InChI is InChI=1S/C14H19BrN2S/c1-9-5-10(2)12(11(15)6-9)17-13-16-7-14(3,4)8-18-13/h5-6H,7-8H2,1-4H3,(H,16,17). The van der Waals surface area contributed by atoms with Crippen LogP contribution in [0.2, 0.25) is 0 Å². The average Bonchev–Trinajstić information content (AvgIpc) is 2.25. The highest BCUT2D eigenvalue weighted by Gasteiger charge is 2.23. The molecule has 1 heterocycles. The van der Waals surface area contributed by atoms with Crippen LogP contribution in [-0.4, -0.2) is 17.5 Å². The normalized spacial score (nSPS) is 18.4. The summed E-state index contributed by atoms with van der Waals surface area (Å²) in [5.41, 5.74) is 3.96. The summed E-state index contributed by atoms with van der Waals surface area (Å²) in [6.07, 6.45) is 0. The Bertz CT molecular complexity index is 472. The molecule has 0 fully saturated rings. The van der Waals surface area contributed by atoms with Crippen LogP contribution in [0.25, 0.3) is 0 Å². The van der Waals surface area contributed by atoms with Gasteiger partial charge < -0.3 is 5.32 Å². The first-order valence-corrected chi connectivity index (χ1v) is 7.86. The van der Waals surface area contributed by atoms with Crippen molar-refractivity contribution < 1.29 is 0 Å². The lowest BCUT2D eigenvalue weighted by Gasteiger charge is -2.27. The fraction of sp³-hybridized carbons (Fsp3) is 0.500. The van der Waals surface area contributed by atoms with Gasteiger partial charge in [0.2, 0.25) is 0 Å². The zero-order chi connectivity index (χ0) is 13.3. The molecule has 0 atom stereocenters. The van der Waals surface area contributed by atoms with Gasteiger partial charge in [0, 0.05) is 16.8 Å². The van der Waals surface area contributed by atoms with E-state index < -0.39 is 0 Å². The number of hydrogen-bond acceptors (Lipinski definition) is 3. The van der Waals surface area contributed by atoms with Crippen LogP contribution in [-0.2, 0) is 0 Å². The van der Waals surface area contributed by atoms with E-state index in [1.807, 2.05) is 0 Å². The minimum Gasteiger partial charge on any atom is -0.334 e. The molecule has 0 amide bonds. The lowest BCUT2D eigenvalue weighted by molar-refractivity contribution is 0.438. The summed E-state index contributed by atoms with van der Waals surface area (Å²) in [6.45, 7) is 9.64. The van der Waals surface area contributed by atoms with E-state index in [9.17, 15) is 0 Å². The van der Waals surface area contributed by atoms with Gasteiger partial charge in [0.25, 0.3) is 0 Å². The minimum absolute atomic E-state index is 0.315. The largest absolute Gasteiger partial charge is 0.334 e. The summed E-state index contributed by atoms with van der Waals surface area (Å²) >= 11 is 5.43. The number of amidine groups is 1. The SMILES string of the molecule is Cc1cc(C)c(NC2=NCC(C)(C)CS2)c(Br)c1. The zero-order valence-electron chi connectivity index (χ0n) is 11.3.